The summed E-state index contributed by atoms with van der Waals surface area (Å²) in [6, 6.07) is 14.6. The van der Waals surface area contributed by atoms with Crippen LogP contribution in [0.1, 0.15) is 11.3 Å². The molecule has 0 unspecified atom stereocenters. The molecule has 1 aromatic carbocycles. The lowest BCUT2D eigenvalue weighted by atomic mass is 10.1. The normalized spacial score (nSPS) is 10.9. The number of aromatic nitrogens is 2. The van der Waals surface area contributed by atoms with Crippen LogP contribution in [-0.2, 0) is 0 Å². The summed E-state index contributed by atoms with van der Waals surface area (Å²) in [4.78, 5) is 4.68. The minimum absolute atomic E-state index is 1.00. The minimum Gasteiger partial charge on any atom is -0.304 e. The van der Waals surface area contributed by atoms with Crippen LogP contribution in [0, 0.1) is 13.8 Å². The Labute approximate surface area is 101 Å². The third-order valence-corrected chi connectivity index (χ3v) is 3.09. The van der Waals surface area contributed by atoms with Crippen LogP contribution in [0.15, 0.2) is 48.7 Å². The van der Waals surface area contributed by atoms with E-state index in [1.165, 1.54) is 16.8 Å². The van der Waals surface area contributed by atoms with Gasteiger partial charge in [-0.05, 0) is 26.0 Å². The topological polar surface area (TPSA) is 17.3 Å². The quantitative estimate of drug-likeness (QED) is 0.614. The van der Waals surface area contributed by atoms with Crippen molar-refractivity contribution in [2.24, 2.45) is 0 Å². The second-order valence-corrected chi connectivity index (χ2v) is 4.34. The van der Waals surface area contributed by atoms with Gasteiger partial charge in [0.15, 0.2) is 0 Å². The first kappa shape index (κ1) is 10.1. The summed E-state index contributed by atoms with van der Waals surface area (Å²) in [5.74, 6) is 0. The van der Waals surface area contributed by atoms with E-state index in [2.05, 4.69) is 53.7 Å². The fourth-order valence-corrected chi connectivity index (χ4v) is 2.10. The molecule has 3 rings (SSSR count). The van der Waals surface area contributed by atoms with E-state index >= 15 is 0 Å². The Kier molecular flexibility index (Phi) is 2.22. The molecule has 2 nitrogen and oxygen atoms in total. The number of imidazole rings is 1. The van der Waals surface area contributed by atoms with Crippen LogP contribution in [-0.4, -0.2) is 9.38 Å². The summed E-state index contributed by atoms with van der Waals surface area (Å²) in [5.41, 5.74) is 5.70. The second-order valence-electron chi connectivity index (χ2n) is 4.34. The number of pyridine rings is 1. The number of benzene rings is 1. The van der Waals surface area contributed by atoms with Gasteiger partial charge < -0.3 is 4.40 Å². The second kappa shape index (κ2) is 3.74. The van der Waals surface area contributed by atoms with Crippen LogP contribution in [0.3, 0.4) is 0 Å². The Balaban J connectivity index is 2.24. The molecule has 0 aliphatic rings. The Morgan fingerprint density at radius 1 is 0.941 bits per heavy atom. The summed E-state index contributed by atoms with van der Waals surface area (Å²) in [6.07, 6.45) is 2.05. The van der Waals surface area contributed by atoms with Gasteiger partial charge >= 0.3 is 0 Å². The first-order chi connectivity index (χ1) is 8.25. The molecule has 0 atom stereocenters. The summed E-state index contributed by atoms with van der Waals surface area (Å²) in [5, 5.41) is 0. The van der Waals surface area contributed by atoms with E-state index in [0.717, 1.165) is 11.3 Å². The van der Waals surface area contributed by atoms with Gasteiger partial charge in [-0.1, -0.05) is 35.9 Å². The Morgan fingerprint density at radius 3 is 2.41 bits per heavy atom. The summed E-state index contributed by atoms with van der Waals surface area (Å²) < 4.78 is 2.12. The molecule has 2 heterocycles. The molecule has 0 N–H and O–H groups in total. The molecule has 0 fully saturated rings. The Morgan fingerprint density at radius 2 is 1.71 bits per heavy atom. The summed E-state index contributed by atoms with van der Waals surface area (Å²) in [7, 11) is 0. The Hall–Kier alpha value is -2.09. The van der Waals surface area contributed by atoms with Crippen LogP contribution in [0.4, 0.5) is 0 Å². The van der Waals surface area contributed by atoms with Crippen molar-refractivity contribution >= 4 is 5.65 Å². The first-order valence-corrected chi connectivity index (χ1v) is 5.76. The predicted molar refractivity (Wildman–Crippen MR) is 70.1 cm³/mol. The van der Waals surface area contributed by atoms with Gasteiger partial charge in [0.05, 0.1) is 5.69 Å². The molecule has 17 heavy (non-hydrogen) atoms. The third-order valence-electron chi connectivity index (χ3n) is 3.09. The Bertz CT molecular complexity index is 663. The average molecular weight is 222 g/mol. The van der Waals surface area contributed by atoms with Gasteiger partial charge in [-0.25, -0.2) is 4.98 Å². The largest absolute Gasteiger partial charge is 0.304 e. The van der Waals surface area contributed by atoms with E-state index in [4.69, 9.17) is 0 Å². The number of aryl methyl sites for hydroxylation is 2. The molecule has 84 valence electrons. The molecule has 0 saturated heterocycles. The number of hydrogen-bond donors (Lipinski definition) is 0. The molecule has 0 bridgehead atoms. The minimum atomic E-state index is 1.00. The van der Waals surface area contributed by atoms with Crippen molar-refractivity contribution in [1.29, 1.82) is 0 Å². The maximum Gasteiger partial charge on any atom is 0.137 e. The van der Waals surface area contributed by atoms with Crippen molar-refractivity contribution in [3.8, 4) is 11.3 Å². The van der Waals surface area contributed by atoms with Crippen LogP contribution in [0.5, 0.6) is 0 Å². The summed E-state index contributed by atoms with van der Waals surface area (Å²) >= 11 is 0. The lowest BCUT2D eigenvalue weighted by Crippen LogP contribution is -1.86. The van der Waals surface area contributed by atoms with Crippen LogP contribution >= 0.6 is 0 Å². The van der Waals surface area contributed by atoms with E-state index < -0.39 is 0 Å². The van der Waals surface area contributed by atoms with Crippen molar-refractivity contribution < 1.29 is 0 Å². The molecule has 2 heteroatoms. The molecular formula is C15H14N2. The fraction of sp³-hybridized carbons (Fsp3) is 0.133. The van der Waals surface area contributed by atoms with Crippen molar-refractivity contribution in [2.75, 3.05) is 0 Å². The maximum atomic E-state index is 4.68. The maximum absolute atomic E-state index is 4.68. The molecule has 2 aromatic heterocycles. The van der Waals surface area contributed by atoms with E-state index in [1.807, 2.05) is 18.2 Å². The average Bonchev–Trinajstić information content (AvgIpc) is 2.69. The number of hydrogen-bond acceptors (Lipinski definition) is 1. The smallest absolute Gasteiger partial charge is 0.137 e. The highest BCUT2D eigenvalue weighted by Gasteiger charge is 2.08. The first-order valence-electron chi connectivity index (χ1n) is 5.76. The zero-order valence-corrected chi connectivity index (χ0v) is 10.0. The third kappa shape index (κ3) is 1.62. The molecule has 3 aromatic rings. The van der Waals surface area contributed by atoms with Crippen molar-refractivity contribution in [3.63, 3.8) is 0 Å². The highest BCUT2D eigenvalue weighted by Crippen LogP contribution is 2.23. The molecule has 0 saturated carbocycles. The van der Waals surface area contributed by atoms with Crippen LogP contribution in [0.25, 0.3) is 16.9 Å². The summed E-state index contributed by atoms with van der Waals surface area (Å²) in [6.45, 7) is 4.20. The van der Waals surface area contributed by atoms with E-state index in [0.29, 0.717) is 0 Å². The molecule has 0 spiro atoms. The van der Waals surface area contributed by atoms with Gasteiger partial charge in [-0.3, -0.25) is 0 Å². The molecular weight excluding hydrogens is 208 g/mol. The van der Waals surface area contributed by atoms with Gasteiger partial charge in [0.1, 0.15) is 5.65 Å². The number of nitrogens with zero attached hydrogens (tertiary/aromatic N) is 2. The number of rotatable bonds is 1. The number of fused-ring (bicyclic) bond motifs is 1. The van der Waals surface area contributed by atoms with Gasteiger partial charge in [0.2, 0.25) is 0 Å². The molecule has 0 radical (unpaired) electrons. The van der Waals surface area contributed by atoms with Gasteiger partial charge in [-0.2, -0.15) is 0 Å². The fourth-order valence-electron chi connectivity index (χ4n) is 2.10. The monoisotopic (exact) mass is 222 g/mol. The highest BCUT2D eigenvalue weighted by molar-refractivity contribution is 5.66. The van der Waals surface area contributed by atoms with Crippen molar-refractivity contribution in [3.05, 3.63) is 59.9 Å². The lowest BCUT2D eigenvalue weighted by Gasteiger charge is -2.00. The highest BCUT2D eigenvalue weighted by atomic mass is 15.0. The van der Waals surface area contributed by atoms with Crippen molar-refractivity contribution in [1.82, 2.24) is 9.38 Å². The van der Waals surface area contributed by atoms with E-state index in [1.54, 1.807) is 0 Å². The zero-order valence-electron chi connectivity index (χ0n) is 10.0. The van der Waals surface area contributed by atoms with E-state index in [9.17, 15) is 0 Å². The van der Waals surface area contributed by atoms with Crippen LogP contribution < -0.4 is 0 Å². The van der Waals surface area contributed by atoms with Crippen LogP contribution in [0.2, 0.25) is 0 Å². The molecule has 0 aliphatic heterocycles. The lowest BCUT2D eigenvalue weighted by molar-refractivity contribution is 1.11. The van der Waals surface area contributed by atoms with Crippen molar-refractivity contribution in [2.45, 2.75) is 13.8 Å². The zero-order chi connectivity index (χ0) is 11.8. The standard InChI is InChI=1S/C15H14N2/c1-11-6-8-13(9-7-11)15-12(2)17-10-4-3-5-14(17)16-15/h3-10H,1-2H3. The van der Waals surface area contributed by atoms with Gasteiger partial charge in [0, 0.05) is 17.5 Å². The SMILES string of the molecule is Cc1ccc(-c2nc3ccccn3c2C)cc1. The van der Waals surface area contributed by atoms with Gasteiger partial charge in [0.25, 0.3) is 0 Å². The predicted octanol–water partition coefficient (Wildman–Crippen LogP) is 3.62. The van der Waals surface area contributed by atoms with E-state index in [-0.39, 0.29) is 0 Å². The molecule has 0 amide bonds. The van der Waals surface area contributed by atoms with Gasteiger partial charge in [-0.15, -0.1) is 0 Å². The molecule has 0 aliphatic carbocycles.